The quantitative estimate of drug-likeness (QED) is 0.863. The van der Waals surface area contributed by atoms with E-state index in [1.807, 2.05) is 5.32 Å². The first-order valence-corrected chi connectivity index (χ1v) is 5.00. The number of amides is 3. The van der Waals surface area contributed by atoms with Crippen molar-refractivity contribution < 1.29 is 18.7 Å². The predicted molar refractivity (Wildman–Crippen MR) is 59.2 cm³/mol. The molecule has 1 aromatic carbocycles. The second-order valence-electron chi connectivity index (χ2n) is 3.19. The second-order valence-corrected chi connectivity index (χ2v) is 3.60. The summed E-state index contributed by atoms with van der Waals surface area (Å²) >= 11 is 5.70. The molecule has 1 aromatic rings. The Bertz CT molecular complexity index is 453. The first-order valence-electron chi connectivity index (χ1n) is 4.62. The highest BCUT2D eigenvalue weighted by atomic mass is 35.5. The van der Waals surface area contributed by atoms with Crippen LogP contribution in [0.3, 0.4) is 0 Å². The molecule has 1 atom stereocenters. The molecule has 0 fully saturated rings. The van der Waals surface area contributed by atoms with E-state index >= 15 is 0 Å². The Morgan fingerprint density at radius 1 is 1.53 bits per heavy atom. The van der Waals surface area contributed by atoms with E-state index in [0.717, 1.165) is 12.1 Å². The molecule has 17 heavy (non-hydrogen) atoms. The van der Waals surface area contributed by atoms with Crippen LogP contribution in [0.25, 0.3) is 0 Å². The minimum absolute atomic E-state index is 0.0312. The number of hydrogen-bond donors (Lipinski definition) is 2. The summed E-state index contributed by atoms with van der Waals surface area (Å²) in [5, 5.41) is 1.88. The number of carbonyl (C=O) groups is 2. The van der Waals surface area contributed by atoms with Gasteiger partial charge in [-0.3, -0.25) is 10.1 Å². The molecule has 0 aliphatic heterocycles. The Kier molecular flexibility index (Phi) is 4.28. The lowest BCUT2D eigenvalue weighted by Crippen LogP contribution is -2.42. The number of benzene rings is 1. The van der Waals surface area contributed by atoms with Crippen LogP contribution in [0.4, 0.5) is 9.18 Å². The molecule has 0 bridgehead atoms. The lowest BCUT2D eigenvalue weighted by Gasteiger charge is -2.14. The molecule has 0 aliphatic rings. The molecule has 0 saturated carbocycles. The Hall–Kier alpha value is -1.82. The zero-order valence-corrected chi connectivity index (χ0v) is 9.62. The van der Waals surface area contributed by atoms with Crippen LogP contribution < -0.4 is 15.8 Å². The van der Waals surface area contributed by atoms with Crippen LogP contribution in [0.1, 0.15) is 6.92 Å². The summed E-state index contributed by atoms with van der Waals surface area (Å²) in [7, 11) is 0. The van der Waals surface area contributed by atoms with Gasteiger partial charge in [-0.1, -0.05) is 11.6 Å². The number of carbonyl (C=O) groups excluding carboxylic acids is 2. The minimum Gasteiger partial charge on any atom is -0.479 e. The van der Waals surface area contributed by atoms with E-state index < -0.39 is 23.9 Å². The first kappa shape index (κ1) is 13.2. The Morgan fingerprint density at radius 2 is 2.18 bits per heavy atom. The molecule has 7 heteroatoms. The smallest absolute Gasteiger partial charge is 0.318 e. The topological polar surface area (TPSA) is 81.4 Å². The van der Waals surface area contributed by atoms with Gasteiger partial charge in [-0.05, 0) is 25.1 Å². The number of imide groups is 1. The van der Waals surface area contributed by atoms with Crippen LogP contribution in [-0.4, -0.2) is 18.0 Å². The van der Waals surface area contributed by atoms with Crippen molar-refractivity contribution in [1.82, 2.24) is 5.32 Å². The van der Waals surface area contributed by atoms with E-state index in [-0.39, 0.29) is 10.8 Å². The van der Waals surface area contributed by atoms with E-state index in [4.69, 9.17) is 22.1 Å². The summed E-state index contributed by atoms with van der Waals surface area (Å²) in [6, 6.07) is 2.50. The van der Waals surface area contributed by atoms with Gasteiger partial charge < -0.3 is 10.5 Å². The van der Waals surface area contributed by atoms with Gasteiger partial charge in [0, 0.05) is 0 Å². The molecule has 0 unspecified atom stereocenters. The number of hydrogen-bond acceptors (Lipinski definition) is 3. The average Bonchev–Trinajstić information content (AvgIpc) is 2.21. The maximum absolute atomic E-state index is 12.7. The van der Waals surface area contributed by atoms with Crippen molar-refractivity contribution in [1.29, 1.82) is 0 Å². The average molecular weight is 261 g/mol. The van der Waals surface area contributed by atoms with Gasteiger partial charge in [0.15, 0.2) is 6.10 Å². The predicted octanol–water partition coefficient (Wildman–Crippen LogP) is 1.44. The van der Waals surface area contributed by atoms with Crippen molar-refractivity contribution in [3.05, 3.63) is 29.0 Å². The summed E-state index contributed by atoms with van der Waals surface area (Å²) in [6.07, 6.45) is -0.981. The van der Waals surface area contributed by atoms with Crippen LogP contribution in [0.5, 0.6) is 5.75 Å². The third-order valence-electron chi connectivity index (χ3n) is 1.81. The number of halogens is 2. The maximum Gasteiger partial charge on any atom is 0.318 e. The molecule has 3 N–H and O–H groups in total. The summed E-state index contributed by atoms with van der Waals surface area (Å²) in [6.45, 7) is 1.40. The van der Waals surface area contributed by atoms with Crippen molar-refractivity contribution in [2.24, 2.45) is 5.73 Å². The van der Waals surface area contributed by atoms with Crippen LogP contribution in [-0.2, 0) is 4.79 Å². The van der Waals surface area contributed by atoms with Crippen molar-refractivity contribution >= 4 is 23.5 Å². The standard InChI is InChI=1S/C10H10ClFN2O3/c1-5(9(15)14-10(13)16)17-8-3-2-6(12)4-7(8)11/h2-5H,1H3,(H3,13,14,15,16)/t5-/m1/s1. The van der Waals surface area contributed by atoms with Crippen molar-refractivity contribution in [2.75, 3.05) is 0 Å². The lowest BCUT2D eigenvalue weighted by atomic mass is 10.3. The molecule has 3 amide bonds. The monoisotopic (exact) mass is 260 g/mol. The highest BCUT2D eigenvalue weighted by Crippen LogP contribution is 2.25. The third kappa shape index (κ3) is 3.92. The molecule has 0 radical (unpaired) electrons. The van der Waals surface area contributed by atoms with E-state index in [1.165, 1.54) is 13.0 Å². The van der Waals surface area contributed by atoms with Gasteiger partial charge in [-0.25, -0.2) is 9.18 Å². The lowest BCUT2D eigenvalue weighted by molar-refractivity contribution is -0.126. The third-order valence-corrected chi connectivity index (χ3v) is 2.11. The van der Waals surface area contributed by atoms with Gasteiger partial charge >= 0.3 is 6.03 Å². The molecule has 0 saturated heterocycles. The largest absolute Gasteiger partial charge is 0.479 e. The Morgan fingerprint density at radius 3 is 2.71 bits per heavy atom. The van der Waals surface area contributed by atoms with Crippen LogP contribution in [0.2, 0.25) is 5.02 Å². The van der Waals surface area contributed by atoms with Crippen LogP contribution in [0.15, 0.2) is 18.2 Å². The SMILES string of the molecule is C[C@@H](Oc1ccc(F)cc1Cl)C(=O)NC(N)=O. The summed E-state index contributed by atoms with van der Waals surface area (Å²) in [5.41, 5.74) is 4.77. The van der Waals surface area contributed by atoms with Gasteiger partial charge in [0.1, 0.15) is 11.6 Å². The molecule has 5 nitrogen and oxygen atoms in total. The maximum atomic E-state index is 12.7. The van der Waals surface area contributed by atoms with Crippen molar-refractivity contribution in [3.8, 4) is 5.75 Å². The van der Waals surface area contributed by atoms with Crippen molar-refractivity contribution in [2.45, 2.75) is 13.0 Å². The first-order chi connectivity index (χ1) is 7.90. The second kappa shape index (κ2) is 5.49. The molecular formula is C10H10ClFN2O3. The van der Waals surface area contributed by atoms with Crippen LogP contribution >= 0.6 is 11.6 Å². The van der Waals surface area contributed by atoms with Crippen LogP contribution in [0, 0.1) is 5.82 Å². The highest BCUT2D eigenvalue weighted by Gasteiger charge is 2.17. The van der Waals surface area contributed by atoms with Gasteiger partial charge in [0.2, 0.25) is 0 Å². The van der Waals surface area contributed by atoms with Gasteiger partial charge in [0.25, 0.3) is 5.91 Å². The van der Waals surface area contributed by atoms with E-state index in [0.29, 0.717) is 0 Å². The fraction of sp³-hybridized carbons (Fsp3) is 0.200. The molecule has 0 aromatic heterocycles. The number of primary amides is 1. The Balaban J connectivity index is 2.70. The van der Waals surface area contributed by atoms with E-state index in [2.05, 4.69) is 0 Å². The minimum atomic E-state index is -0.981. The number of urea groups is 1. The summed E-state index contributed by atoms with van der Waals surface area (Å²) < 4.78 is 17.9. The fourth-order valence-electron chi connectivity index (χ4n) is 1.04. The molecule has 92 valence electrons. The highest BCUT2D eigenvalue weighted by molar-refractivity contribution is 6.32. The van der Waals surface area contributed by atoms with E-state index in [9.17, 15) is 14.0 Å². The molecule has 1 rings (SSSR count). The summed E-state index contributed by atoms with van der Waals surface area (Å²) in [4.78, 5) is 21.7. The van der Waals surface area contributed by atoms with Gasteiger partial charge in [0.05, 0.1) is 5.02 Å². The Labute approximate surface area is 102 Å². The number of ether oxygens (including phenoxy) is 1. The summed E-state index contributed by atoms with van der Waals surface area (Å²) in [5.74, 6) is -1.09. The number of rotatable bonds is 3. The van der Waals surface area contributed by atoms with E-state index in [1.54, 1.807) is 0 Å². The fourth-order valence-corrected chi connectivity index (χ4v) is 1.25. The van der Waals surface area contributed by atoms with Gasteiger partial charge in [-0.15, -0.1) is 0 Å². The number of nitrogens with one attached hydrogen (secondary N) is 1. The van der Waals surface area contributed by atoms with Gasteiger partial charge in [-0.2, -0.15) is 0 Å². The molecule has 0 spiro atoms. The zero-order valence-electron chi connectivity index (χ0n) is 8.87. The number of nitrogens with two attached hydrogens (primary N) is 1. The van der Waals surface area contributed by atoms with Crippen molar-refractivity contribution in [3.63, 3.8) is 0 Å². The zero-order chi connectivity index (χ0) is 13.0. The normalized spacial score (nSPS) is 11.7. The molecular weight excluding hydrogens is 251 g/mol. The molecule has 0 aliphatic carbocycles. The molecule has 0 heterocycles.